The molecule has 0 amide bonds. The highest BCUT2D eigenvalue weighted by Gasteiger charge is 2.00. The summed E-state index contributed by atoms with van der Waals surface area (Å²) in [5.74, 6) is 0.833. The van der Waals surface area contributed by atoms with E-state index < -0.39 is 0 Å². The van der Waals surface area contributed by atoms with Crippen LogP contribution >= 0.6 is 0 Å². The van der Waals surface area contributed by atoms with E-state index in [1.54, 1.807) is 21.3 Å². The number of benzene rings is 1. The summed E-state index contributed by atoms with van der Waals surface area (Å²) < 4.78 is 15.3. The zero-order chi connectivity index (χ0) is 11.1. The van der Waals surface area contributed by atoms with Crippen molar-refractivity contribution in [2.24, 2.45) is 0 Å². The summed E-state index contributed by atoms with van der Waals surface area (Å²) in [6.07, 6.45) is 3.42. The van der Waals surface area contributed by atoms with Crippen LogP contribution in [0.15, 0.2) is 30.3 Å². The lowest BCUT2D eigenvalue weighted by Crippen LogP contribution is -2.08. The van der Waals surface area contributed by atoms with Crippen LogP contribution in [0.2, 0.25) is 0 Å². The van der Waals surface area contributed by atoms with E-state index >= 15 is 0 Å². The molecule has 15 heavy (non-hydrogen) atoms. The monoisotopic (exact) mass is 208 g/mol. The minimum Gasteiger partial charge on any atom is -0.496 e. The van der Waals surface area contributed by atoms with Crippen LogP contribution in [0, 0.1) is 0 Å². The maximum Gasteiger partial charge on any atom is 0.176 e. The number of methoxy groups -OCH3 is 3. The maximum absolute atomic E-state index is 5.21. The van der Waals surface area contributed by atoms with E-state index in [-0.39, 0.29) is 6.29 Å². The molecule has 3 heteroatoms. The molecule has 1 aromatic rings. The summed E-state index contributed by atoms with van der Waals surface area (Å²) in [5.41, 5.74) is 0.999. The summed E-state index contributed by atoms with van der Waals surface area (Å²) in [4.78, 5) is 0. The minimum atomic E-state index is -0.324. The van der Waals surface area contributed by atoms with E-state index in [2.05, 4.69) is 0 Å². The Bertz CT molecular complexity index is 316. The third-order valence-electron chi connectivity index (χ3n) is 2.04. The fourth-order valence-electron chi connectivity index (χ4n) is 1.24. The first-order valence-corrected chi connectivity index (χ1v) is 4.68. The molecule has 0 heterocycles. The van der Waals surface area contributed by atoms with Crippen LogP contribution in [0.1, 0.15) is 5.56 Å². The van der Waals surface area contributed by atoms with E-state index in [9.17, 15) is 0 Å². The van der Waals surface area contributed by atoms with Crippen LogP contribution < -0.4 is 4.74 Å². The van der Waals surface area contributed by atoms with Gasteiger partial charge in [-0.2, -0.15) is 0 Å². The minimum absolute atomic E-state index is 0.324. The van der Waals surface area contributed by atoms with Gasteiger partial charge in [-0.15, -0.1) is 0 Å². The Labute approximate surface area is 90.3 Å². The molecule has 0 saturated heterocycles. The smallest absolute Gasteiger partial charge is 0.176 e. The molecule has 0 aliphatic heterocycles. The van der Waals surface area contributed by atoms with E-state index in [1.165, 1.54) is 0 Å². The van der Waals surface area contributed by atoms with Gasteiger partial charge in [-0.3, -0.25) is 0 Å². The third-order valence-corrected chi connectivity index (χ3v) is 2.04. The number of hydrogen-bond donors (Lipinski definition) is 0. The summed E-state index contributed by atoms with van der Waals surface area (Å²) in [6.45, 7) is 0. The van der Waals surface area contributed by atoms with Gasteiger partial charge in [0, 0.05) is 19.8 Å². The highest BCUT2D eigenvalue weighted by atomic mass is 16.7. The topological polar surface area (TPSA) is 27.7 Å². The summed E-state index contributed by atoms with van der Waals surface area (Å²) in [6, 6.07) is 7.77. The van der Waals surface area contributed by atoms with Gasteiger partial charge < -0.3 is 14.2 Å². The van der Waals surface area contributed by atoms with E-state index in [0.717, 1.165) is 11.3 Å². The fraction of sp³-hybridized carbons (Fsp3) is 0.333. The Morgan fingerprint density at radius 3 is 2.33 bits per heavy atom. The largest absolute Gasteiger partial charge is 0.496 e. The standard InChI is InChI=1S/C12H16O3/c1-13-11-7-5-4-6-10(11)8-9-12(14-2)15-3/h4-9,12H,1-3H3. The quantitative estimate of drug-likeness (QED) is 0.695. The van der Waals surface area contributed by atoms with Gasteiger partial charge >= 0.3 is 0 Å². The molecular formula is C12H16O3. The van der Waals surface area contributed by atoms with Crippen molar-refractivity contribution in [1.29, 1.82) is 0 Å². The number of hydrogen-bond acceptors (Lipinski definition) is 3. The molecule has 0 atom stereocenters. The van der Waals surface area contributed by atoms with Crippen molar-refractivity contribution in [2.45, 2.75) is 6.29 Å². The van der Waals surface area contributed by atoms with Crippen molar-refractivity contribution in [3.63, 3.8) is 0 Å². The highest BCUT2D eigenvalue weighted by molar-refractivity contribution is 5.57. The van der Waals surface area contributed by atoms with Crippen molar-refractivity contribution in [1.82, 2.24) is 0 Å². The second kappa shape index (κ2) is 6.22. The van der Waals surface area contributed by atoms with Gasteiger partial charge in [0.2, 0.25) is 0 Å². The molecule has 1 aromatic carbocycles. The molecule has 0 N–H and O–H groups in total. The van der Waals surface area contributed by atoms with Gasteiger partial charge in [0.05, 0.1) is 7.11 Å². The van der Waals surface area contributed by atoms with Crippen LogP contribution in [-0.2, 0) is 9.47 Å². The van der Waals surface area contributed by atoms with Gasteiger partial charge in [-0.25, -0.2) is 0 Å². The van der Waals surface area contributed by atoms with Crippen molar-refractivity contribution < 1.29 is 14.2 Å². The first kappa shape index (κ1) is 11.8. The first-order chi connectivity index (χ1) is 7.31. The molecule has 0 radical (unpaired) electrons. The van der Waals surface area contributed by atoms with Crippen molar-refractivity contribution in [3.8, 4) is 5.75 Å². The van der Waals surface area contributed by atoms with Gasteiger partial charge in [0.15, 0.2) is 6.29 Å². The van der Waals surface area contributed by atoms with Crippen molar-refractivity contribution in [3.05, 3.63) is 35.9 Å². The lowest BCUT2D eigenvalue weighted by atomic mass is 10.2. The Hall–Kier alpha value is -1.32. The van der Waals surface area contributed by atoms with Crippen LogP contribution in [-0.4, -0.2) is 27.6 Å². The summed E-state index contributed by atoms with van der Waals surface area (Å²) in [5, 5.41) is 0. The maximum atomic E-state index is 5.21. The highest BCUT2D eigenvalue weighted by Crippen LogP contribution is 2.18. The molecule has 0 aliphatic carbocycles. The van der Waals surface area contributed by atoms with Crippen LogP contribution in [0.4, 0.5) is 0 Å². The number of para-hydroxylation sites is 1. The molecule has 0 unspecified atom stereocenters. The molecule has 0 saturated carbocycles. The third kappa shape index (κ3) is 3.38. The van der Waals surface area contributed by atoms with Crippen molar-refractivity contribution in [2.75, 3.05) is 21.3 Å². The zero-order valence-electron chi connectivity index (χ0n) is 9.27. The SMILES string of the molecule is COc1ccccc1C=CC(OC)OC. The molecular weight excluding hydrogens is 192 g/mol. The summed E-state index contributed by atoms with van der Waals surface area (Å²) in [7, 11) is 4.85. The zero-order valence-corrected chi connectivity index (χ0v) is 9.27. The molecule has 0 spiro atoms. The molecule has 1 rings (SSSR count). The Kier molecular flexibility index (Phi) is 4.87. The molecule has 0 bridgehead atoms. The Morgan fingerprint density at radius 2 is 1.73 bits per heavy atom. The second-order valence-corrected chi connectivity index (χ2v) is 2.94. The lowest BCUT2D eigenvalue weighted by Gasteiger charge is -2.08. The molecule has 3 nitrogen and oxygen atoms in total. The second-order valence-electron chi connectivity index (χ2n) is 2.94. The molecule has 82 valence electrons. The molecule has 0 fully saturated rings. The van der Waals surface area contributed by atoms with Gasteiger partial charge in [0.25, 0.3) is 0 Å². The average molecular weight is 208 g/mol. The molecule has 0 aliphatic rings. The van der Waals surface area contributed by atoms with Gasteiger partial charge in [0.1, 0.15) is 5.75 Å². The normalized spacial score (nSPS) is 11.2. The van der Waals surface area contributed by atoms with Crippen molar-refractivity contribution >= 4 is 6.08 Å². The van der Waals surface area contributed by atoms with Crippen LogP contribution in [0.25, 0.3) is 6.08 Å². The first-order valence-electron chi connectivity index (χ1n) is 4.68. The van der Waals surface area contributed by atoms with E-state index in [0.29, 0.717) is 0 Å². The van der Waals surface area contributed by atoms with Crippen LogP contribution in [0.3, 0.4) is 0 Å². The number of rotatable bonds is 5. The average Bonchev–Trinajstić information content (AvgIpc) is 2.31. The van der Waals surface area contributed by atoms with Gasteiger partial charge in [-0.1, -0.05) is 24.3 Å². The van der Waals surface area contributed by atoms with Gasteiger partial charge in [-0.05, 0) is 12.1 Å². The van der Waals surface area contributed by atoms with E-state index in [1.807, 2.05) is 36.4 Å². The summed E-state index contributed by atoms with van der Waals surface area (Å²) >= 11 is 0. The van der Waals surface area contributed by atoms with Crippen LogP contribution in [0.5, 0.6) is 5.75 Å². The molecule has 0 aromatic heterocycles. The fourth-order valence-corrected chi connectivity index (χ4v) is 1.24. The van der Waals surface area contributed by atoms with E-state index in [4.69, 9.17) is 14.2 Å². The Balaban J connectivity index is 2.78. The number of ether oxygens (including phenoxy) is 3. The predicted molar refractivity (Wildman–Crippen MR) is 59.8 cm³/mol. The Morgan fingerprint density at radius 1 is 1.07 bits per heavy atom. The predicted octanol–water partition coefficient (Wildman–Crippen LogP) is 2.33. The lowest BCUT2D eigenvalue weighted by molar-refractivity contribution is -0.0660.